The Morgan fingerprint density at radius 3 is 2.23 bits per heavy atom. The molecule has 0 radical (unpaired) electrons. The molecule has 31 heavy (non-hydrogen) atoms. The third-order valence-electron chi connectivity index (χ3n) is 4.78. The number of anilines is 1. The Balaban J connectivity index is 1.39. The highest BCUT2D eigenvalue weighted by molar-refractivity contribution is 6.30. The minimum atomic E-state index is -0.893. The zero-order valence-electron chi connectivity index (χ0n) is 16.5. The van der Waals surface area contributed by atoms with Crippen molar-refractivity contribution in [1.29, 1.82) is 0 Å². The van der Waals surface area contributed by atoms with Gasteiger partial charge in [-0.1, -0.05) is 17.7 Å². The predicted molar refractivity (Wildman–Crippen MR) is 112 cm³/mol. The minimum absolute atomic E-state index is 0.208. The predicted octanol–water partition coefficient (Wildman–Crippen LogP) is 1.81. The van der Waals surface area contributed by atoms with E-state index in [9.17, 15) is 23.2 Å². The molecule has 1 aliphatic heterocycles. The standard InChI is InChI=1S/C21H21ClF2N4O3/c22-15-2-1-3-18(10-15)27-4-6-28(7-5-27)20(30)13-25-19(29)12-26-21(31)14-8-16(23)11-17(24)9-14/h1-3,8-11H,4-7,12-13H2,(H,25,29)(H,26,31). The number of hydrogen-bond acceptors (Lipinski definition) is 4. The molecule has 0 aliphatic carbocycles. The van der Waals surface area contributed by atoms with Crippen LogP contribution < -0.4 is 15.5 Å². The van der Waals surface area contributed by atoms with Crippen LogP contribution in [0.5, 0.6) is 0 Å². The topological polar surface area (TPSA) is 81.8 Å². The largest absolute Gasteiger partial charge is 0.368 e. The fourth-order valence-electron chi connectivity index (χ4n) is 3.18. The number of nitrogens with one attached hydrogen (secondary N) is 2. The smallest absolute Gasteiger partial charge is 0.251 e. The monoisotopic (exact) mass is 450 g/mol. The lowest BCUT2D eigenvalue weighted by molar-refractivity contribution is -0.132. The molecule has 1 aliphatic rings. The molecule has 1 heterocycles. The van der Waals surface area contributed by atoms with Gasteiger partial charge in [0.2, 0.25) is 11.8 Å². The molecule has 0 aromatic heterocycles. The molecule has 3 rings (SSSR count). The first kappa shape index (κ1) is 22.5. The van der Waals surface area contributed by atoms with Crippen LogP contribution in [0.4, 0.5) is 14.5 Å². The van der Waals surface area contributed by atoms with E-state index in [0.717, 1.165) is 17.8 Å². The number of piperazine rings is 1. The second-order valence-electron chi connectivity index (χ2n) is 6.97. The number of benzene rings is 2. The van der Waals surface area contributed by atoms with Crippen molar-refractivity contribution in [3.8, 4) is 0 Å². The highest BCUT2D eigenvalue weighted by atomic mass is 35.5. The Hall–Kier alpha value is -3.20. The fourth-order valence-corrected chi connectivity index (χ4v) is 3.37. The van der Waals surface area contributed by atoms with Crippen LogP contribution in [0.1, 0.15) is 10.4 Å². The van der Waals surface area contributed by atoms with Crippen molar-refractivity contribution in [2.24, 2.45) is 0 Å². The van der Waals surface area contributed by atoms with Gasteiger partial charge in [-0.3, -0.25) is 14.4 Å². The van der Waals surface area contributed by atoms with E-state index in [-0.39, 0.29) is 18.0 Å². The van der Waals surface area contributed by atoms with Gasteiger partial charge in [-0.25, -0.2) is 8.78 Å². The molecule has 164 valence electrons. The maximum atomic E-state index is 13.2. The lowest BCUT2D eigenvalue weighted by atomic mass is 10.2. The van der Waals surface area contributed by atoms with Crippen molar-refractivity contribution in [3.63, 3.8) is 0 Å². The molecule has 1 fully saturated rings. The molecule has 2 N–H and O–H groups in total. The zero-order valence-corrected chi connectivity index (χ0v) is 17.3. The van der Waals surface area contributed by atoms with Gasteiger partial charge in [-0.2, -0.15) is 0 Å². The fraction of sp³-hybridized carbons (Fsp3) is 0.286. The second kappa shape index (κ2) is 10.2. The first-order valence-electron chi connectivity index (χ1n) is 9.61. The van der Waals surface area contributed by atoms with Crippen LogP contribution in [-0.4, -0.2) is 61.9 Å². The van der Waals surface area contributed by atoms with Gasteiger partial charge in [-0.05, 0) is 30.3 Å². The van der Waals surface area contributed by atoms with Crippen LogP contribution in [0.15, 0.2) is 42.5 Å². The Bertz CT molecular complexity index is 961. The summed E-state index contributed by atoms with van der Waals surface area (Å²) in [7, 11) is 0. The van der Waals surface area contributed by atoms with Gasteiger partial charge in [0, 0.05) is 48.5 Å². The lowest BCUT2D eigenvalue weighted by Gasteiger charge is -2.36. The molecule has 2 aromatic carbocycles. The van der Waals surface area contributed by atoms with E-state index < -0.39 is 30.0 Å². The first-order chi connectivity index (χ1) is 14.8. The molecule has 0 saturated carbocycles. The number of carbonyl (C=O) groups excluding carboxylic acids is 3. The maximum absolute atomic E-state index is 13.2. The first-order valence-corrected chi connectivity index (χ1v) is 9.99. The van der Waals surface area contributed by atoms with Crippen LogP contribution in [0, 0.1) is 11.6 Å². The van der Waals surface area contributed by atoms with Crippen molar-refractivity contribution in [1.82, 2.24) is 15.5 Å². The van der Waals surface area contributed by atoms with E-state index in [1.807, 2.05) is 18.2 Å². The number of rotatable bonds is 6. The molecule has 0 spiro atoms. The van der Waals surface area contributed by atoms with E-state index in [4.69, 9.17) is 11.6 Å². The van der Waals surface area contributed by atoms with Crippen molar-refractivity contribution in [2.45, 2.75) is 0 Å². The van der Waals surface area contributed by atoms with E-state index in [2.05, 4.69) is 15.5 Å². The van der Waals surface area contributed by atoms with Crippen LogP contribution in [0.3, 0.4) is 0 Å². The van der Waals surface area contributed by atoms with Crippen LogP contribution in [0.2, 0.25) is 5.02 Å². The summed E-state index contributed by atoms with van der Waals surface area (Å²) in [4.78, 5) is 39.9. The molecular weight excluding hydrogens is 430 g/mol. The van der Waals surface area contributed by atoms with Gasteiger partial charge in [0.15, 0.2) is 0 Å². The summed E-state index contributed by atoms with van der Waals surface area (Å²) in [6, 6.07) is 9.86. The Kier molecular flexibility index (Phi) is 7.41. The average molecular weight is 451 g/mol. The average Bonchev–Trinajstić information content (AvgIpc) is 2.75. The molecule has 0 unspecified atom stereocenters. The van der Waals surface area contributed by atoms with Crippen LogP contribution in [0.25, 0.3) is 0 Å². The Morgan fingerprint density at radius 2 is 1.58 bits per heavy atom. The molecule has 10 heteroatoms. The molecule has 2 aromatic rings. The molecule has 7 nitrogen and oxygen atoms in total. The quantitative estimate of drug-likeness (QED) is 0.703. The van der Waals surface area contributed by atoms with E-state index in [0.29, 0.717) is 37.3 Å². The van der Waals surface area contributed by atoms with E-state index in [1.54, 1.807) is 11.0 Å². The molecular formula is C21H21ClF2N4O3. The van der Waals surface area contributed by atoms with E-state index in [1.165, 1.54) is 0 Å². The van der Waals surface area contributed by atoms with Gasteiger partial charge in [0.05, 0.1) is 13.1 Å². The van der Waals surface area contributed by atoms with Gasteiger partial charge >= 0.3 is 0 Å². The highest BCUT2D eigenvalue weighted by Crippen LogP contribution is 2.20. The molecule has 0 atom stereocenters. The number of carbonyl (C=O) groups is 3. The summed E-state index contributed by atoms with van der Waals surface area (Å²) in [6.07, 6.45) is 0. The number of halogens is 3. The molecule has 1 saturated heterocycles. The summed E-state index contributed by atoms with van der Waals surface area (Å²) in [5.74, 6) is -3.41. The van der Waals surface area contributed by atoms with Gasteiger partial charge in [0.1, 0.15) is 11.6 Å². The third kappa shape index (κ3) is 6.39. The summed E-state index contributed by atoms with van der Waals surface area (Å²) < 4.78 is 26.3. The van der Waals surface area contributed by atoms with Crippen molar-refractivity contribution in [2.75, 3.05) is 44.2 Å². The van der Waals surface area contributed by atoms with E-state index >= 15 is 0 Å². The van der Waals surface area contributed by atoms with Gasteiger partial charge in [-0.15, -0.1) is 0 Å². The zero-order chi connectivity index (χ0) is 22.4. The number of hydrogen-bond donors (Lipinski definition) is 2. The maximum Gasteiger partial charge on any atom is 0.251 e. The van der Waals surface area contributed by atoms with Crippen molar-refractivity contribution < 1.29 is 23.2 Å². The van der Waals surface area contributed by atoms with Gasteiger partial charge in [0.25, 0.3) is 5.91 Å². The normalized spacial score (nSPS) is 13.6. The Labute approximate surface area is 183 Å². The van der Waals surface area contributed by atoms with Crippen molar-refractivity contribution >= 4 is 35.0 Å². The molecule has 0 bridgehead atoms. The summed E-state index contributed by atoms with van der Waals surface area (Å²) in [6.45, 7) is 1.65. The number of nitrogens with zero attached hydrogens (tertiary/aromatic N) is 2. The second-order valence-corrected chi connectivity index (χ2v) is 7.40. The number of amides is 3. The SMILES string of the molecule is O=C(CNC(=O)c1cc(F)cc(F)c1)NCC(=O)N1CCN(c2cccc(Cl)c2)CC1. The van der Waals surface area contributed by atoms with Gasteiger partial charge < -0.3 is 20.4 Å². The highest BCUT2D eigenvalue weighted by Gasteiger charge is 2.21. The summed E-state index contributed by atoms with van der Waals surface area (Å²) in [5.41, 5.74) is 0.751. The van der Waals surface area contributed by atoms with Crippen LogP contribution in [-0.2, 0) is 9.59 Å². The summed E-state index contributed by atoms with van der Waals surface area (Å²) >= 11 is 6.02. The van der Waals surface area contributed by atoms with Crippen LogP contribution >= 0.6 is 11.6 Å². The Morgan fingerprint density at radius 1 is 0.903 bits per heavy atom. The molecule has 3 amide bonds. The minimum Gasteiger partial charge on any atom is -0.368 e. The lowest BCUT2D eigenvalue weighted by Crippen LogP contribution is -2.51. The summed E-state index contributed by atoms with van der Waals surface area (Å²) in [5, 5.41) is 5.34. The third-order valence-corrected chi connectivity index (χ3v) is 5.01. The van der Waals surface area contributed by atoms with Crippen molar-refractivity contribution in [3.05, 3.63) is 64.7 Å².